The van der Waals surface area contributed by atoms with Crippen molar-refractivity contribution >= 4 is 23.2 Å². The van der Waals surface area contributed by atoms with E-state index in [1.165, 1.54) is 12.0 Å². The molecule has 2 aliphatic rings. The number of allylic oxidation sites excluding steroid dienone is 1. The molecule has 0 saturated carbocycles. The van der Waals surface area contributed by atoms with Gasteiger partial charge in [0.1, 0.15) is 12.4 Å². The molecular formula is C17H21N5OS. The summed E-state index contributed by atoms with van der Waals surface area (Å²) in [6, 6.07) is 1.90. The van der Waals surface area contributed by atoms with Gasteiger partial charge < -0.3 is 10.2 Å². The maximum atomic E-state index is 13.3. The molecule has 4 heterocycles. The van der Waals surface area contributed by atoms with E-state index in [0.29, 0.717) is 5.95 Å². The number of likely N-dealkylation sites (tertiary alicyclic amines) is 1. The largest absolute Gasteiger partial charge is 0.339 e. The summed E-state index contributed by atoms with van der Waals surface area (Å²) in [5.41, 5.74) is 2.86. The number of aromatic nitrogens is 3. The zero-order valence-corrected chi connectivity index (χ0v) is 14.8. The van der Waals surface area contributed by atoms with E-state index in [1.807, 2.05) is 16.5 Å². The molecule has 0 unspecified atom stereocenters. The van der Waals surface area contributed by atoms with Gasteiger partial charge >= 0.3 is 0 Å². The minimum Gasteiger partial charge on any atom is -0.339 e. The average Bonchev–Trinajstić information content (AvgIpc) is 3.22. The van der Waals surface area contributed by atoms with Crippen LogP contribution in [0.15, 0.2) is 29.0 Å². The summed E-state index contributed by atoms with van der Waals surface area (Å²) in [7, 11) is 0. The molecule has 0 aliphatic carbocycles. The lowest BCUT2D eigenvalue weighted by Gasteiger charge is -2.33. The number of carbonyl (C=O) groups excluding carboxylic acids is 1. The molecule has 0 spiro atoms. The van der Waals surface area contributed by atoms with E-state index in [-0.39, 0.29) is 11.9 Å². The predicted molar refractivity (Wildman–Crippen MR) is 94.0 cm³/mol. The van der Waals surface area contributed by atoms with Crippen molar-refractivity contribution in [1.82, 2.24) is 19.7 Å². The van der Waals surface area contributed by atoms with Crippen molar-refractivity contribution in [2.75, 3.05) is 18.4 Å². The first-order chi connectivity index (χ1) is 11.7. The molecular weight excluding hydrogens is 322 g/mol. The molecule has 0 aromatic carbocycles. The summed E-state index contributed by atoms with van der Waals surface area (Å²) in [4.78, 5) is 20.7. The molecule has 1 N–H and O–H groups in total. The molecule has 0 bridgehead atoms. The molecule has 1 atom stereocenters. The first kappa shape index (κ1) is 15.4. The average molecular weight is 343 g/mol. The van der Waals surface area contributed by atoms with Crippen molar-refractivity contribution in [2.24, 2.45) is 0 Å². The van der Waals surface area contributed by atoms with Crippen LogP contribution in [0.2, 0.25) is 0 Å². The van der Waals surface area contributed by atoms with Gasteiger partial charge in [-0.05, 0) is 50.1 Å². The molecule has 4 rings (SSSR count). The highest BCUT2D eigenvalue weighted by molar-refractivity contribution is 7.10. The molecule has 1 fully saturated rings. The number of amides is 1. The van der Waals surface area contributed by atoms with Crippen molar-refractivity contribution in [1.29, 1.82) is 0 Å². The van der Waals surface area contributed by atoms with Gasteiger partial charge in [0.2, 0.25) is 5.95 Å². The fourth-order valence-corrected chi connectivity index (χ4v) is 4.56. The van der Waals surface area contributed by atoms with Gasteiger partial charge in [-0.15, -0.1) is 11.3 Å². The van der Waals surface area contributed by atoms with Gasteiger partial charge in [0.05, 0.1) is 5.57 Å². The SMILES string of the molecule is CC1=C(C(=O)N2CCCCC2)[C@H](c2sccc2C)n2ncnc2N1. The third-order valence-corrected chi connectivity index (χ3v) is 5.89. The van der Waals surface area contributed by atoms with E-state index < -0.39 is 0 Å². The van der Waals surface area contributed by atoms with Gasteiger partial charge in [0, 0.05) is 23.7 Å². The van der Waals surface area contributed by atoms with Gasteiger partial charge in [-0.1, -0.05) is 0 Å². The highest BCUT2D eigenvalue weighted by atomic mass is 32.1. The second-order valence-electron chi connectivity index (χ2n) is 6.42. The number of anilines is 1. The minimum atomic E-state index is -0.196. The van der Waals surface area contributed by atoms with Crippen molar-refractivity contribution in [3.63, 3.8) is 0 Å². The molecule has 126 valence electrons. The standard InChI is InChI=1S/C17H21N5OS/c1-11-6-9-24-15(11)14-13(16(23)21-7-4-3-5-8-21)12(2)20-17-18-10-19-22(14)17/h6,9-10,14H,3-5,7-8H2,1-2H3,(H,18,19,20)/t14-/m1/s1. The van der Waals surface area contributed by atoms with Crippen LogP contribution < -0.4 is 5.32 Å². The molecule has 0 radical (unpaired) electrons. The summed E-state index contributed by atoms with van der Waals surface area (Å²) in [6.07, 6.45) is 4.92. The first-order valence-corrected chi connectivity index (χ1v) is 9.25. The molecule has 1 saturated heterocycles. The van der Waals surface area contributed by atoms with Gasteiger partial charge in [-0.3, -0.25) is 4.79 Å². The van der Waals surface area contributed by atoms with E-state index in [9.17, 15) is 4.79 Å². The number of hydrogen-bond donors (Lipinski definition) is 1. The van der Waals surface area contributed by atoms with Crippen LogP contribution in [-0.4, -0.2) is 38.7 Å². The van der Waals surface area contributed by atoms with Crippen molar-refractivity contribution in [2.45, 2.75) is 39.2 Å². The number of fused-ring (bicyclic) bond motifs is 1. The zero-order chi connectivity index (χ0) is 16.7. The molecule has 2 aromatic rings. The number of carbonyl (C=O) groups is 1. The Kier molecular flexibility index (Phi) is 3.88. The van der Waals surface area contributed by atoms with Gasteiger partial charge in [-0.2, -0.15) is 10.1 Å². The van der Waals surface area contributed by atoms with Crippen LogP contribution in [0.3, 0.4) is 0 Å². The third kappa shape index (κ3) is 2.43. The Hall–Kier alpha value is -2.15. The number of hydrogen-bond acceptors (Lipinski definition) is 5. The summed E-state index contributed by atoms with van der Waals surface area (Å²) >= 11 is 1.67. The maximum absolute atomic E-state index is 13.3. The summed E-state index contributed by atoms with van der Waals surface area (Å²) < 4.78 is 1.84. The monoisotopic (exact) mass is 343 g/mol. The number of nitrogens with one attached hydrogen (secondary N) is 1. The van der Waals surface area contributed by atoms with E-state index in [2.05, 4.69) is 33.8 Å². The van der Waals surface area contributed by atoms with Crippen LogP contribution >= 0.6 is 11.3 Å². The minimum absolute atomic E-state index is 0.124. The fraction of sp³-hybridized carbons (Fsp3) is 0.471. The van der Waals surface area contributed by atoms with Crippen LogP contribution in [0.25, 0.3) is 0 Å². The lowest BCUT2D eigenvalue weighted by molar-refractivity contribution is -0.128. The third-order valence-electron chi connectivity index (χ3n) is 4.82. The quantitative estimate of drug-likeness (QED) is 0.911. The molecule has 2 aromatic heterocycles. The lowest BCUT2D eigenvalue weighted by atomic mass is 9.97. The maximum Gasteiger partial charge on any atom is 0.254 e. The van der Waals surface area contributed by atoms with Crippen LogP contribution in [-0.2, 0) is 4.79 Å². The van der Waals surface area contributed by atoms with Crippen molar-refractivity contribution in [3.05, 3.63) is 39.5 Å². The molecule has 2 aliphatic heterocycles. The highest BCUT2D eigenvalue weighted by Gasteiger charge is 2.36. The summed E-state index contributed by atoms with van der Waals surface area (Å²) in [5.74, 6) is 0.819. The zero-order valence-electron chi connectivity index (χ0n) is 14.0. The number of rotatable bonds is 2. The van der Waals surface area contributed by atoms with Gasteiger partial charge in [0.25, 0.3) is 5.91 Å². The van der Waals surface area contributed by atoms with Crippen molar-refractivity contribution < 1.29 is 4.79 Å². The summed E-state index contributed by atoms with van der Waals surface area (Å²) in [5, 5.41) is 9.71. The summed E-state index contributed by atoms with van der Waals surface area (Å²) in [6.45, 7) is 5.74. The smallest absolute Gasteiger partial charge is 0.254 e. The van der Waals surface area contributed by atoms with Crippen LogP contribution in [0.1, 0.15) is 42.7 Å². The Morgan fingerprint density at radius 1 is 1.29 bits per heavy atom. The first-order valence-electron chi connectivity index (χ1n) is 8.37. The van der Waals surface area contributed by atoms with E-state index >= 15 is 0 Å². The fourth-order valence-electron chi connectivity index (χ4n) is 3.54. The second-order valence-corrected chi connectivity index (χ2v) is 7.36. The van der Waals surface area contributed by atoms with E-state index in [4.69, 9.17) is 0 Å². The topological polar surface area (TPSA) is 63.1 Å². The van der Waals surface area contributed by atoms with Crippen LogP contribution in [0.5, 0.6) is 0 Å². The van der Waals surface area contributed by atoms with E-state index in [0.717, 1.165) is 42.1 Å². The number of nitrogens with zero attached hydrogens (tertiary/aromatic N) is 4. The van der Waals surface area contributed by atoms with E-state index in [1.54, 1.807) is 17.7 Å². The molecule has 24 heavy (non-hydrogen) atoms. The lowest BCUT2D eigenvalue weighted by Crippen LogP contribution is -2.40. The van der Waals surface area contributed by atoms with Crippen LogP contribution in [0.4, 0.5) is 5.95 Å². The van der Waals surface area contributed by atoms with Gasteiger partial charge in [0.15, 0.2) is 0 Å². The number of thiophene rings is 1. The highest BCUT2D eigenvalue weighted by Crippen LogP contribution is 2.39. The predicted octanol–water partition coefficient (Wildman–Crippen LogP) is 2.95. The Morgan fingerprint density at radius 2 is 2.08 bits per heavy atom. The molecule has 7 heteroatoms. The second kappa shape index (κ2) is 6.05. The molecule has 1 amide bonds. The Labute approximate surface area is 145 Å². The Morgan fingerprint density at radius 3 is 2.79 bits per heavy atom. The van der Waals surface area contributed by atoms with Crippen LogP contribution in [0, 0.1) is 6.92 Å². The normalized spacial score (nSPS) is 20.8. The number of aryl methyl sites for hydroxylation is 1. The Balaban J connectivity index is 1.80. The van der Waals surface area contributed by atoms with Crippen molar-refractivity contribution in [3.8, 4) is 0 Å². The van der Waals surface area contributed by atoms with Gasteiger partial charge in [-0.25, -0.2) is 4.68 Å². The Bertz CT molecular complexity index is 800. The number of piperidine rings is 1. The molecule has 6 nitrogen and oxygen atoms in total.